The maximum absolute atomic E-state index is 10.8. The number of hydrogen-bond acceptors (Lipinski definition) is 4. The Hall–Kier alpha value is -1.17. The highest BCUT2D eigenvalue weighted by Gasteiger charge is 2.32. The fourth-order valence-electron chi connectivity index (χ4n) is 2.07. The van der Waals surface area contributed by atoms with Crippen molar-refractivity contribution < 1.29 is 10.0 Å². The van der Waals surface area contributed by atoms with E-state index in [4.69, 9.17) is 11.6 Å². The number of nitro groups is 1. The highest BCUT2D eigenvalue weighted by Crippen LogP contribution is 2.35. The SMILES string of the molecule is O=[N+]([O-])c1cc(C2(O)CCNCC2)ccc1Cl. The summed E-state index contributed by atoms with van der Waals surface area (Å²) in [6.07, 6.45) is 1.09. The van der Waals surface area contributed by atoms with Crippen molar-refractivity contribution in [2.24, 2.45) is 0 Å². The lowest BCUT2D eigenvalue weighted by Gasteiger charge is -2.32. The first-order valence-corrected chi connectivity index (χ1v) is 5.78. The summed E-state index contributed by atoms with van der Waals surface area (Å²) in [5.41, 5.74) is -0.577. The van der Waals surface area contributed by atoms with Crippen LogP contribution in [-0.2, 0) is 5.60 Å². The molecule has 1 aromatic carbocycles. The summed E-state index contributed by atoms with van der Waals surface area (Å²) < 4.78 is 0. The Bertz CT molecular complexity index is 444. The van der Waals surface area contributed by atoms with Crippen molar-refractivity contribution in [1.29, 1.82) is 0 Å². The topological polar surface area (TPSA) is 75.4 Å². The molecule has 1 saturated heterocycles. The van der Waals surface area contributed by atoms with Gasteiger partial charge in [0.15, 0.2) is 0 Å². The molecule has 0 atom stereocenters. The second kappa shape index (κ2) is 4.60. The molecule has 1 aliphatic heterocycles. The van der Waals surface area contributed by atoms with Gasteiger partial charge >= 0.3 is 0 Å². The van der Waals surface area contributed by atoms with E-state index in [-0.39, 0.29) is 10.7 Å². The zero-order valence-electron chi connectivity index (χ0n) is 9.15. The van der Waals surface area contributed by atoms with Crippen molar-refractivity contribution in [3.05, 3.63) is 38.9 Å². The van der Waals surface area contributed by atoms with Gasteiger partial charge in [-0.25, -0.2) is 0 Å². The van der Waals surface area contributed by atoms with Gasteiger partial charge in [0, 0.05) is 6.07 Å². The fraction of sp³-hybridized carbons (Fsp3) is 0.455. The third-order valence-corrected chi connectivity index (χ3v) is 3.43. The minimum absolute atomic E-state index is 0.0938. The summed E-state index contributed by atoms with van der Waals surface area (Å²) in [6.45, 7) is 1.40. The summed E-state index contributed by atoms with van der Waals surface area (Å²) >= 11 is 5.74. The number of benzene rings is 1. The molecule has 0 unspecified atom stereocenters. The molecule has 2 N–H and O–H groups in total. The van der Waals surface area contributed by atoms with Gasteiger partial charge in [0.2, 0.25) is 0 Å². The standard InChI is InChI=1S/C11H13ClN2O3/c12-9-2-1-8(7-10(9)14(16)17)11(15)3-5-13-6-4-11/h1-2,7,13,15H,3-6H2. The smallest absolute Gasteiger partial charge is 0.288 e. The maximum atomic E-state index is 10.8. The first-order chi connectivity index (χ1) is 8.03. The lowest BCUT2D eigenvalue weighted by atomic mass is 9.85. The largest absolute Gasteiger partial charge is 0.385 e. The van der Waals surface area contributed by atoms with E-state index in [2.05, 4.69) is 5.32 Å². The Morgan fingerprint density at radius 1 is 1.41 bits per heavy atom. The molecule has 0 bridgehead atoms. The molecule has 1 aromatic rings. The Morgan fingerprint density at radius 3 is 2.65 bits per heavy atom. The average molecular weight is 257 g/mol. The van der Waals surface area contributed by atoms with Crippen molar-refractivity contribution >= 4 is 17.3 Å². The van der Waals surface area contributed by atoms with E-state index < -0.39 is 10.5 Å². The number of nitro benzene ring substituents is 1. The van der Waals surface area contributed by atoms with Crippen LogP contribution in [0.25, 0.3) is 0 Å². The normalized spacial score (nSPS) is 18.9. The number of rotatable bonds is 2. The van der Waals surface area contributed by atoms with E-state index in [0.717, 1.165) is 0 Å². The molecule has 0 aliphatic carbocycles. The molecule has 0 saturated carbocycles. The summed E-state index contributed by atoms with van der Waals surface area (Å²) in [6, 6.07) is 4.49. The lowest BCUT2D eigenvalue weighted by molar-refractivity contribution is -0.384. The summed E-state index contributed by atoms with van der Waals surface area (Å²) in [7, 11) is 0. The van der Waals surface area contributed by atoms with Crippen molar-refractivity contribution in [3.63, 3.8) is 0 Å². The predicted molar refractivity (Wildman–Crippen MR) is 64.1 cm³/mol. The van der Waals surface area contributed by atoms with Crippen molar-refractivity contribution in [2.75, 3.05) is 13.1 Å². The molecule has 1 heterocycles. The van der Waals surface area contributed by atoms with E-state index >= 15 is 0 Å². The molecule has 1 fully saturated rings. The quantitative estimate of drug-likeness (QED) is 0.625. The van der Waals surface area contributed by atoms with Gasteiger partial charge in [-0.3, -0.25) is 10.1 Å². The molecular formula is C11H13ClN2O3. The molecule has 0 radical (unpaired) electrons. The van der Waals surface area contributed by atoms with Crippen LogP contribution >= 0.6 is 11.6 Å². The molecule has 0 spiro atoms. The Morgan fingerprint density at radius 2 is 2.06 bits per heavy atom. The zero-order chi connectivity index (χ0) is 12.5. The van der Waals surface area contributed by atoms with Gasteiger partial charge in [0.25, 0.3) is 5.69 Å². The number of piperidine rings is 1. The van der Waals surface area contributed by atoms with Crippen molar-refractivity contribution in [2.45, 2.75) is 18.4 Å². The van der Waals surface area contributed by atoms with Crippen LogP contribution in [0, 0.1) is 10.1 Å². The summed E-state index contributed by atoms with van der Waals surface area (Å²) in [5, 5.41) is 24.5. The fourth-order valence-corrected chi connectivity index (χ4v) is 2.26. The summed E-state index contributed by atoms with van der Waals surface area (Å²) in [4.78, 5) is 10.3. The van der Waals surface area contributed by atoms with Gasteiger partial charge in [0.1, 0.15) is 5.02 Å². The van der Waals surface area contributed by atoms with Gasteiger partial charge in [-0.2, -0.15) is 0 Å². The Labute approximate surface area is 104 Å². The van der Waals surface area contributed by atoms with Crippen molar-refractivity contribution in [1.82, 2.24) is 5.32 Å². The second-order valence-corrected chi connectivity index (χ2v) is 4.61. The predicted octanol–water partition coefficient (Wildman–Crippen LogP) is 1.82. The van der Waals surface area contributed by atoms with E-state index in [1.807, 2.05) is 0 Å². The van der Waals surface area contributed by atoms with Gasteiger partial charge in [0.05, 0.1) is 10.5 Å². The molecule has 5 nitrogen and oxygen atoms in total. The number of aliphatic hydroxyl groups is 1. The van der Waals surface area contributed by atoms with Crippen LogP contribution in [0.3, 0.4) is 0 Å². The van der Waals surface area contributed by atoms with Crippen LogP contribution in [0.2, 0.25) is 5.02 Å². The van der Waals surface area contributed by atoms with Crippen LogP contribution in [-0.4, -0.2) is 23.1 Å². The lowest BCUT2D eigenvalue weighted by Crippen LogP contribution is -2.39. The van der Waals surface area contributed by atoms with E-state index in [1.165, 1.54) is 12.1 Å². The number of hydrogen-bond donors (Lipinski definition) is 2. The average Bonchev–Trinajstić information content (AvgIpc) is 2.30. The minimum Gasteiger partial charge on any atom is -0.385 e. The van der Waals surface area contributed by atoms with Crippen LogP contribution in [0.15, 0.2) is 18.2 Å². The third kappa shape index (κ3) is 2.41. The molecular weight excluding hydrogens is 244 g/mol. The van der Waals surface area contributed by atoms with Crippen molar-refractivity contribution in [3.8, 4) is 0 Å². The Balaban J connectivity index is 2.38. The highest BCUT2D eigenvalue weighted by molar-refractivity contribution is 6.32. The number of nitrogens with zero attached hydrogens (tertiary/aromatic N) is 1. The van der Waals surface area contributed by atoms with Gasteiger partial charge < -0.3 is 10.4 Å². The molecule has 17 heavy (non-hydrogen) atoms. The highest BCUT2D eigenvalue weighted by atomic mass is 35.5. The molecule has 0 amide bonds. The zero-order valence-corrected chi connectivity index (χ0v) is 9.91. The third-order valence-electron chi connectivity index (χ3n) is 3.11. The molecule has 0 aromatic heterocycles. The molecule has 92 valence electrons. The summed E-state index contributed by atoms with van der Waals surface area (Å²) in [5.74, 6) is 0. The number of halogens is 1. The van der Waals surface area contributed by atoms with Gasteiger partial charge in [-0.05, 0) is 37.6 Å². The minimum atomic E-state index is -0.986. The molecule has 2 rings (SSSR count). The van der Waals surface area contributed by atoms with Gasteiger partial charge in [-0.15, -0.1) is 0 Å². The van der Waals surface area contributed by atoms with Crippen LogP contribution in [0.5, 0.6) is 0 Å². The van der Waals surface area contributed by atoms with E-state index in [0.29, 0.717) is 31.5 Å². The molecule has 6 heteroatoms. The van der Waals surface area contributed by atoms with Crippen LogP contribution in [0.4, 0.5) is 5.69 Å². The maximum Gasteiger partial charge on any atom is 0.288 e. The van der Waals surface area contributed by atoms with E-state index in [9.17, 15) is 15.2 Å². The first-order valence-electron chi connectivity index (χ1n) is 5.40. The number of nitrogens with one attached hydrogen (secondary N) is 1. The second-order valence-electron chi connectivity index (χ2n) is 4.20. The first kappa shape index (κ1) is 12.3. The molecule has 1 aliphatic rings. The van der Waals surface area contributed by atoms with Crippen LogP contribution in [0.1, 0.15) is 18.4 Å². The van der Waals surface area contributed by atoms with Crippen LogP contribution < -0.4 is 5.32 Å². The van der Waals surface area contributed by atoms with Gasteiger partial charge in [-0.1, -0.05) is 17.7 Å². The monoisotopic (exact) mass is 256 g/mol. The van der Waals surface area contributed by atoms with E-state index in [1.54, 1.807) is 6.07 Å². The Kier molecular flexibility index (Phi) is 3.33.